The lowest BCUT2D eigenvalue weighted by atomic mass is 10.2. The number of amides is 1. The molecule has 1 fully saturated rings. The third-order valence-corrected chi connectivity index (χ3v) is 4.07. The summed E-state index contributed by atoms with van der Waals surface area (Å²) in [6.45, 7) is 7.84. The number of aromatic nitrogens is 1. The van der Waals surface area contributed by atoms with E-state index in [4.69, 9.17) is 0 Å². The van der Waals surface area contributed by atoms with Crippen LogP contribution in [0.15, 0.2) is 16.7 Å². The van der Waals surface area contributed by atoms with Crippen molar-refractivity contribution in [3.8, 4) is 0 Å². The van der Waals surface area contributed by atoms with Gasteiger partial charge >= 0.3 is 0 Å². The van der Waals surface area contributed by atoms with Crippen molar-refractivity contribution in [2.24, 2.45) is 0 Å². The second kappa shape index (κ2) is 6.09. The number of likely N-dealkylation sites (N-methyl/N-ethyl adjacent to an activating group) is 1. The van der Waals surface area contributed by atoms with E-state index in [1.165, 1.54) is 0 Å². The average molecular weight is 328 g/mol. The molecule has 1 unspecified atom stereocenters. The molecule has 2 rings (SSSR count). The first-order chi connectivity index (χ1) is 9.02. The van der Waals surface area contributed by atoms with Crippen molar-refractivity contribution in [1.29, 1.82) is 0 Å². The molecule has 1 atom stereocenters. The van der Waals surface area contributed by atoms with Crippen molar-refractivity contribution >= 4 is 21.8 Å². The molecule has 0 N–H and O–H groups in total. The molecule has 1 aliphatic heterocycles. The Morgan fingerprint density at radius 2 is 2.21 bits per heavy atom. The van der Waals surface area contributed by atoms with Crippen molar-refractivity contribution in [2.75, 3.05) is 26.7 Å². The summed E-state index contributed by atoms with van der Waals surface area (Å²) in [5, 5.41) is 0. The van der Waals surface area contributed by atoms with Gasteiger partial charge in [0, 0.05) is 42.9 Å². The van der Waals surface area contributed by atoms with Gasteiger partial charge in [0.1, 0.15) is 5.69 Å². The van der Waals surface area contributed by atoms with Crippen LogP contribution in [-0.4, -0.2) is 53.0 Å². The third-order valence-electron chi connectivity index (χ3n) is 3.64. The zero-order valence-electron chi connectivity index (χ0n) is 11.9. The smallest absolute Gasteiger partial charge is 0.270 e. The summed E-state index contributed by atoms with van der Waals surface area (Å²) in [7, 11) is 2.11. The Morgan fingerprint density at radius 3 is 2.84 bits per heavy atom. The van der Waals surface area contributed by atoms with Crippen LogP contribution in [0.2, 0.25) is 0 Å². The quantitative estimate of drug-likeness (QED) is 0.853. The Morgan fingerprint density at radius 1 is 1.47 bits per heavy atom. The van der Waals surface area contributed by atoms with E-state index in [1.54, 1.807) is 0 Å². The van der Waals surface area contributed by atoms with E-state index in [9.17, 15) is 4.79 Å². The van der Waals surface area contributed by atoms with Crippen LogP contribution in [-0.2, 0) is 6.54 Å². The fourth-order valence-corrected chi connectivity index (χ4v) is 3.13. The van der Waals surface area contributed by atoms with Crippen LogP contribution in [0.1, 0.15) is 30.8 Å². The first kappa shape index (κ1) is 14.6. The lowest BCUT2D eigenvalue weighted by molar-refractivity contribution is 0.0523. The van der Waals surface area contributed by atoms with Gasteiger partial charge in [-0.25, -0.2) is 0 Å². The Labute approximate surface area is 123 Å². The van der Waals surface area contributed by atoms with Crippen molar-refractivity contribution < 1.29 is 4.79 Å². The number of hydrogen-bond donors (Lipinski definition) is 0. The minimum absolute atomic E-state index is 0.153. The fraction of sp³-hybridized carbons (Fsp3) is 0.643. The Kier molecular flexibility index (Phi) is 4.68. The molecule has 4 nitrogen and oxygen atoms in total. The molecular formula is C14H22BrN3O. The van der Waals surface area contributed by atoms with E-state index in [0.29, 0.717) is 0 Å². The number of carbonyl (C=O) groups excluding carboxylic acids is 1. The first-order valence-electron chi connectivity index (χ1n) is 6.88. The maximum absolute atomic E-state index is 12.7. The molecule has 5 heteroatoms. The molecule has 0 aromatic carbocycles. The van der Waals surface area contributed by atoms with Gasteiger partial charge in [-0.1, -0.05) is 6.92 Å². The lowest BCUT2D eigenvalue weighted by Crippen LogP contribution is -2.53. The topological polar surface area (TPSA) is 28.5 Å². The summed E-state index contributed by atoms with van der Waals surface area (Å²) >= 11 is 3.47. The average Bonchev–Trinajstić information content (AvgIpc) is 2.70. The molecule has 1 saturated heterocycles. The van der Waals surface area contributed by atoms with Crippen LogP contribution in [0.5, 0.6) is 0 Å². The SMILES string of the molecule is CCCn1cc(Br)cc1C(=O)N1CCN(C)CC1C. The van der Waals surface area contributed by atoms with Gasteiger partial charge in [-0.3, -0.25) is 4.79 Å². The molecule has 2 heterocycles. The number of piperazine rings is 1. The van der Waals surface area contributed by atoms with Crippen LogP contribution >= 0.6 is 15.9 Å². The predicted octanol–water partition coefficient (Wildman–Crippen LogP) is 2.44. The van der Waals surface area contributed by atoms with E-state index in [2.05, 4.69) is 46.3 Å². The van der Waals surface area contributed by atoms with Crippen LogP contribution in [0, 0.1) is 0 Å². The van der Waals surface area contributed by atoms with E-state index < -0.39 is 0 Å². The molecule has 1 aliphatic rings. The molecule has 19 heavy (non-hydrogen) atoms. The summed E-state index contributed by atoms with van der Waals surface area (Å²) in [6, 6.07) is 2.21. The number of nitrogens with zero attached hydrogens (tertiary/aromatic N) is 3. The number of halogens is 1. The van der Waals surface area contributed by atoms with Gasteiger partial charge in [0.05, 0.1) is 0 Å². The lowest BCUT2D eigenvalue weighted by Gasteiger charge is -2.38. The minimum Gasteiger partial charge on any atom is -0.342 e. The Balaban J connectivity index is 2.19. The number of rotatable bonds is 3. The highest BCUT2D eigenvalue weighted by Gasteiger charge is 2.28. The summed E-state index contributed by atoms with van der Waals surface area (Å²) < 4.78 is 3.03. The van der Waals surface area contributed by atoms with E-state index in [-0.39, 0.29) is 11.9 Å². The second-order valence-corrected chi connectivity index (χ2v) is 6.26. The number of aryl methyl sites for hydroxylation is 1. The van der Waals surface area contributed by atoms with E-state index in [0.717, 1.165) is 42.8 Å². The van der Waals surface area contributed by atoms with Crippen LogP contribution in [0.25, 0.3) is 0 Å². The monoisotopic (exact) mass is 327 g/mol. The van der Waals surface area contributed by atoms with Gasteiger partial charge in [-0.15, -0.1) is 0 Å². The Bertz CT molecular complexity index is 458. The molecule has 1 aromatic heterocycles. The Hall–Kier alpha value is -0.810. The minimum atomic E-state index is 0.153. The van der Waals surface area contributed by atoms with Crippen molar-refractivity contribution in [2.45, 2.75) is 32.9 Å². The normalized spacial score (nSPS) is 20.8. The highest BCUT2D eigenvalue weighted by molar-refractivity contribution is 9.10. The third kappa shape index (κ3) is 3.20. The second-order valence-electron chi connectivity index (χ2n) is 5.35. The number of carbonyl (C=O) groups is 1. The van der Waals surface area contributed by atoms with Gasteiger partial charge in [0.25, 0.3) is 5.91 Å². The predicted molar refractivity (Wildman–Crippen MR) is 80.4 cm³/mol. The van der Waals surface area contributed by atoms with Gasteiger partial charge < -0.3 is 14.4 Å². The van der Waals surface area contributed by atoms with Crippen molar-refractivity contribution in [1.82, 2.24) is 14.4 Å². The largest absolute Gasteiger partial charge is 0.342 e. The van der Waals surface area contributed by atoms with E-state index in [1.807, 2.05) is 17.2 Å². The standard InChI is InChI=1S/C14H22BrN3O/c1-4-5-17-10-12(15)8-13(17)14(19)18-7-6-16(3)9-11(18)2/h8,10-11H,4-7,9H2,1-3H3. The zero-order chi connectivity index (χ0) is 14.0. The van der Waals surface area contributed by atoms with Crippen molar-refractivity contribution in [3.05, 3.63) is 22.4 Å². The van der Waals surface area contributed by atoms with Crippen LogP contribution in [0.4, 0.5) is 0 Å². The molecule has 0 aliphatic carbocycles. The molecule has 106 valence electrons. The zero-order valence-corrected chi connectivity index (χ0v) is 13.5. The number of hydrogen-bond acceptors (Lipinski definition) is 2. The molecule has 1 aromatic rings. The molecule has 0 radical (unpaired) electrons. The highest BCUT2D eigenvalue weighted by Crippen LogP contribution is 2.19. The summed E-state index contributed by atoms with van der Waals surface area (Å²) in [5.41, 5.74) is 0.796. The van der Waals surface area contributed by atoms with Crippen LogP contribution < -0.4 is 0 Å². The summed E-state index contributed by atoms with van der Waals surface area (Å²) in [4.78, 5) is 17.0. The van der Waals surface area contributed by atoms with Gasteiger partial charge in [-0.05, 0) is 42.4 Å². The fourth-order valence-electron chi connectivity index (χ4n) is 2.67. The molecule has 1 amide bonds. The van der Waals surface area contributed by atoms with Gasteiger partial charge in [-0.2, -0.15) is 0 Å². The summed E-state index contributed by atoms with van der Waals surface area (Å²) in [6.07, 6.45) is 3.02. The van der Waals surface area contributed by atoms with Crippen LogP contribution in [0.3, 0.4) is 0 Å². The highest BCUT2D eigenvalue weighted by atomic mass is 79.9. The summed E-state index contributed by atoms with van der Waals surface area (Å²) in [5.74, 6) is 0.153. The maximum atomic E-state index is 12.7. The molecule has 0 saturated carbocycles. The molecule has 0 spiro atoms. The van der Waals surface area contributed by atoms with E-state index >= 15 is 0 Å². The maximum Gasteiger partial charge on any atom is 0.270 e. The first-order valence-corrected chi connectivity index (χ1v) is 7.67. The van der Waals surface area contributed by atoms with Crippen molar-refractivity contribution in [3.63, 3.8) is 0 Å². The van der Waals surface area contributed by atoms with Gasteiger partial charge in [0.2, 0.25) is 0 Å². The molecular weight excluding hydrogens is 306 g/mol. The molecule has 0 bridgehead atoms. The van der Waals surface area contributed by atoms with Gasteiger partial charge in [0.15, 0.2) is 0 Å².